The van der Waals surface area contributed by atoms with Gasteiger partial charge in [-0.2, -0.15) is 0 Å². The molecule has 0 spiro atoms. The van der Waals surface area contributed by atoms with Crippen LogP contribution in [-0.2, 0) is 16.0 Å². The Labute approximate surface area is 172 Å². The summed E-state index contributed by atoms with van der Waals surface area (Å²) < 4.78 is 0. The third kappa shape index (κ3) is 4.34. The highest BCUT2D eigenvalue weighted by atomic mass is 16.2. The molecule has 5 heteroatoms. The first-order valence-electron chi connectivity index (χ1n) is 10.7. The summed E-state index contributed by atoms with van der Waals surface area (Å²) in [4.78, 5) is 34.1. The van der Waals surface area contributed by atoms with E-state index in [1.54, 1.807) is 11.1 Å². The quantitative estimate of drug-likeness (QED) is 0.801. The highest BCUT2D eigenvalue weighted by Gasteiger charge is 2.38. The third-order valence-electron chi connectivity index (χ3n) is 6.30. The topological polar surface area (TPSA) is 53.5 Å². The molecule has 0 N–H and O–H groups in total. The van der Waals surface area contributed by atoms with Crippen LogP contribution in [0.15, 0.2) is 48.8 Å². The molecular formula is C24H29N3O2. The van der Waals surface area contributed by atoms with Crippen LogP contribution in [0.3, 0.4) is 0 Å². The van der Waals surface area contributed by atoms with E-state index in [0.29, 0.717) is 19.5 Å². The number of carbonyl (C=O) groups is 2. The van der Waals surface area contributed by atoms with Crippen LogP contribution in [0, 0.1) is 5.92 Å². The van der Waals surface area contributed by atoms with Crippen molar-refractivity contribution < 1.29 is 9.59 Å². The molecule has 1 atom stereocenters. The first-order chi connectivity index (χ1) is 14.1. The molecule has 1 aliphatic heterocycles. The zero-order valence-electron chi connectivity index (χ0n) is 17.1. The van der Waals surface area contributed by atoms with Crippen LogP contribution in [0.25, 0.3) is 11.1 Å². The van der Waals surface area contributed by atoms with E-state index in [1.807, 2.05) is 42.4 Å². The number of rotatable bonds is 4. The SMILES string of the molecule is CN1CCN(C(=O)C2CCCCC2)C(Cc2cccc(-c3cccnc3)c2)C1=O. The second kappa shape index (κ2) is 8.76. The van der Waals surface area contributed by atoms with Gasteiger partial charge in [-0.15, -0.1) is 0 Å². The van der Waals surface area contributed by atoms with Crippen molar-refractivity contribution >= 4 is 11.8 Å². The maximum atomic E-state index is 13.2. The number of piperazine rings is 1. The highest BCUT2D eigenvalue weighted by molar-refractivity contribution is 5.90. The van der Waals surface area contributed by atoms with Gasteiger partial charge in [0.2, 0.25) is 11.8 Å². The molecule has 1 saturated heterocycles. The number of benzene rings is 1. The number of hydrogen-bond acceptors (Lipinski definition) is 3. The van der Waals surface area contributed by atoms with Crippen LogP contribution >= 0.6 is 0 Å². The summed E-state index contributed by atoms with van der Waals surface area (Å²) in [5.74, 6) is 0.316. The molecule has 0 radical (unpaired) electrons. The molecule has 1 saturated carbocycles. The molecule has 2 fully saturated rings. The Balaban J connectivity index is 1.57. The summed E-state index contributed by atoms with van der Waals surface area (Å²) in [6.45, 7) is 1.24. The minimum Gasteiger partial charge on any atom is -0.342 e. The molecule has 1 aromatic heterocycles. The fraction of sp³-hybridized carbons (Fsp3) is 0.458. The number of aromatic nitrogens is 1. The van der Waals surface area contributed by atoms with Gasteiger partial charge in [-0.25, -0.2) is 0 Å². The van der Waals surface area contributed by atoms with E-state index in [4.69, 9.17) is 0 Å². The number of hydrogen-bond donors (Lipinski definition) is 0. The Morgan fingerprint density at radius 3 is 2.62 bits per heavy atom. The summed E-state index contributed by atoms with van der Waals surface area (Å²) in [5.41, 5.74) is 3.20. The average molecular weight is 392 g/mol. The van der Waals surface area contributed by atoms with Gasteiger partial charge in [0, 0.05) is 44.9 Å². The minimum absolute atomic E-state index is 0.0483. The van der Waals surface area contributed by atoms with Gasteiger partial charge in [0.25, 0.3) is 0 Å². The fourth-order valence-corrected chi connectivity index (χ4v) is 4.59. The Morgan fingerprint density at radius 2 is 1.86 bits per heavy atom. The van der Waals surface area contributed by atoms with Gasteiger partial charge in [0.05, 0.1) is 0 Å². The third-order valence-corrected chi connectivity index (χ3v) is 6.30. The monoisotopic (exact) mass is 391 g/mol. The molecule has 2 aromatic rings. The number of nitrogens with zero attached hydrogens (tertiary/aromatic N) is 3. The standard InChI is InChI=1S/C24H29N3O2/c1-26-13-14-27(23(28)19-8-3-2-4-9-19)22(24(26)29)16-18-7-5-10-20(15-18)21-11-6-12-25-17-21/h5-7,10-12,15,17,19,22H,2-4,8-9,13-14,16H2,1H3. The summed E-state index contributed by atoms with van der Waals surface area (Å²) in [7, 11) is 1.84. The largest absolute Gasteiger partial charge is 0.342 e. The number of likely N-dealkylation sites (N-methyl/N-ethyl adjacent to an activating group) is 1. The molecule has 0 bridgehead atoms. The van der Waals surface area contributed by atoms with Gasteiger partial charge >= 0.3 is 0 Å². The van der Waals surface area contributed by atoms with E-state index in [-0.39, 0.29) is 17.7 Å². The Kier molecular flexibility index (Phi) is 5.93. The fourth-order valence-electron chi connectivity index (χ4n) is 4.59. The maximum Gasteiger partial charge on any atom is 0.245 e. The van der Waals surface area contributed by atoms with Crippen molar-refractivity contribution in [3.63, 3.8) is 0 Å². The number of pyridine rings is 1. The Morgan fingerprint density at radius 1 is 1.07 bits per heavy atom. The van der Waals surface area contributed by atoms with E-state index in [1.165, 1.54) is 6.42 Å². The molecule has 29 heavy (non-hydrogen) atoms. The van der Waals surface area contributed by atoms with Gasteiger partial charge in [0.1, 0.15) is 6.04 Å². The lowest BCUT2D eigenvalue weighted by molar-refractivity contribution is -0.153. The van der Waals surface area contributed by atoms with Crippen molar-refractivity contribution in [3.05, 3.63) is 54.4 Å². The first kappa shape index (κ1) is 19.6. The molecular weight excluding hydrogens is 362 g/mol. The lowest BCUT2D eigenvalue weighted by Gasteiger charge is -2.41. The predicted octanol–water partition coefficient (Wildman–Crippen LogP) is 3.54. The molecule has 4 rings (SSSR count). The first-order valence-corrected chi connectivity index (χ1v) is 10.7. The molecule has 5 nitrogen and oxygen atoms in total. The van der Waals surface area contributed by atoms with Gasteiger partial charge in [0.15, 0.2) is 0 Å². The van der Waals surface area contributed by atoms with E-state index < -0.39 is 6.04 Å². The molecule has 2 aliphatic rings. The molecule has 152 valence electrons. The average Bonchev–Trinajstić information content (AvgIpc) is 2.78. The lowest BCUT2D eigenvalue weighted by Crippen LogP contribution is -2.59. The highest BCUT2D eigenvalue weighted by Crippen LogP contribution is 2.28. The normalized spacial score (nSPS) is 20.7. The van der Waals surface area contributed by atoms with Crippen LogP contribution in [-0.4, -0.2) is 52.8 Å². The molecule has 1 aliphatic carbocycles. The Bertz CT molecular complexity index is 861. The Hall–Kier alpha value is -2.69. The predicted molar refractivity (Wildman–Crippen MR) is 113 cm³/mol. The molecule has 2 heterocycles. The van der Waals surface area contributed by atoms with Crippen molar-refractivity contribution in [1.82, 2.24) is 14.8 Å². The van der Waals surface area contributed by atoms with E-state index in [2.05, 4.69) is 17.1 Å². The van der Waals surface area contributed by atoms with Crippen LogP contribution in [0.4, 0.5) is 0 Å². The molecule has 2 amide bonds. The van der Waals surface area contributed by atoms with Gasteiger partial charge in [-0.1, -0.05) is 49.6 Å². The second-order valence-electron chi connectivity index (χ2n) is 8.29. The zero-order chi connectivity index (χ0) is 20.2. The summed E-state index contributed by atoms with van der Waals surface area (Å²) in [6, 6.07) is 11.8. The maximum absolute atomic E-state index is 13.2. The van der Waals surface area contributed by atoms with Crippen molar-refractivity contribution in [2.45, 2.75) is 44.6 Å². The van der Waals surface area contributed by atoms with Crippen LogP contribution in [0.1, 0.15) is 37.7 Å². The number of carbonyl (C=O) groups excluding carboxylic acids is 2. The smallest absolute Gasteiger partial charge is 0.245 e. The summed E-state index contributed by atoms with van der Waals surface area (Å²) >= 11 is 0. The van der Waals surface area contributed by atoms with Crippen molar-refractivity contribution in [2.24, 2.45) is 5.92 Å². The van der Waals surface area contributed by atoms with Crippen molar-refractivity contribution in [3.8, 4) is 11.1 Å². The van der Waals surface area contributed by atoms with Crippen LogP contribution < -0.4 is 0 Å². The van der Waals surface area contributed by atoms with Crippen molar-refractivity contribution in [2.75, 3.05) is 20.1 Å². The van der Waals surface area contributed by atoms with E-state index in [0.717, 1.165) is 42.4 Å². The molecule has 1 aromatic carbocycles. The van der Waals surface area contributed by atoms with Crippen LogP contribution in [0.5, 0.6) is 0 Å². The van der Waals surface area contributed by atoms with Gasteiger partial charge in [-0.05, 0) is 35.6 Å². The van der Waals surface area contributed by atoms with Gasteiger partial charge < -0.3 is 9.80 Å². The zero-order valence-corrected chi connectivity index (χ0v) is 17.1. The molecule has 1 unspecified atom stereocenters. The van der Waals surface area contributed by atoms with Gasteiger partial charge in [-0.3, -0.25) is 14.6 Å². The van der Waals surface area contributed by atoms with E-state index >= 15 is 0 Å². The van der Waals surface area contributed by atoms with Crippen LogP contribution in [0.2, 0.25) is 0 Å². The van der Waals surface area contributed by atoms with Crippen molar-refractivity contribution in [1.29, 1.82) is 0 Å². The second-order valence-corrected chi connectivity index (χ2v) is 8.29. The summed E-state index contributed by atoms with van der Waals surface area (Å²) in [5, 5.41) is 0. The van der Waals surface area contributed by atoms with E-state index in [9.17, 15) is 9.59 Å². The number of amides is 2. The lowest BCUT2D eigenvalue weighted by atomic mass is 9.87. The summed E-state index contributed by atoms with van der Waals surface area (Å²) in [6.07, 6.45) is 9.54. The minimum atomic E-state index is -0.410.